The third kappa shape index (κ3) is 2.38. The molecule has 0 amide bonds. The van der Waals surface area contributed by atoms with Crippen LogP contribution in [0.4, 0.5) is 0 Å². The molecule has 8 heteroatoms. The van der Waals surface area contributed by atoms with E-state index in [4.69, 9.17) is 9.97 Å². The molecule has 5 aromatic rings. The quantitative estimate of drug-likeness (QED) is 0.493. The highest BCUT2D eigenvalue weighted by atomic mass is 16.3. The number of hydrogen-bond donors (Lipinski definition) is 2. The summed E-state index contributed by atoms with van der Waals surface area (Å²) in [7, 11) is 0. The lowest BCUT2D eigenvalue weighted by Crippen LogP contribution is -1.99. The lowest BCUT2D eigenvalue weighted by Gasteiger charge is -2.04. The third-order valence-electron chi connectivity index (χ3n) is 4.63. The second-order valence-electron chi connectivity index (χ2n) is 6.60. The number of hydrogen-bond acceptors (Lipinski definition) is 6. The van der Waals surface area contributed by atoms with Crippen molar-refractivity contribution in [3.8, 4) is 22.9 Å². The standard InChI is InChI=1S/C20H16N6O2/c1-11-17-19(25(23-11)13-3-7-15(27)8-4-13)22-18-12(2)24-26(20(18)21-17)14-5-9-16(28)10-6-14/h3-10,27-28H,1-2H3. The minimum Gasteiger partial charge on any atom is -0.508 e. The van der Waals surface area contributed by atoms with Gasteiger partial charge in [-0.3, -0.25) is 0 Å². The Morgan fingerprint density at radius 2 is 0.964 bits per heavy atom. The van der Waals surface area contributed by atoms with Gasteiger partial charge in [0.25, 0.3) is 0 Å². The van der Waals surface area contributed by atoms with Crippen LogP contribution in [-0.4, -0.2) is 39.7 Å². The monoisotopic (exact) mass is 372 g/mol. The second-order valence-corrected chi connectivity index (χ2v) is 6.60. The molecule has 5 rings (SSSR count). The molecule has 0 aliphatic rings. The zero-order chi connectivity index (χ0) is 19.4. The molecule has 138 valence electrons. The summed E-state index contributed by atoms with van der Waals surface area (Å²) >= 11 is 0. The zero-order valence-corrected chi connectivity index (χ0v) is 15.2. The first-order valence-electron chi connectivity index (χ1n) is 8.73. The first kappa shape index (κ1) is 16.2. The van der Waals surface area contributed by atoms with E-state index in [2.05, 4.69) is 10.2 Å². The van der Waals surface area contributed by atoms with Crippen LogP contribution in [-0.2, 0) is 0 Å². The lowest BCUT2D eigenvalue weighted by molar-refractivity contribution is 0.474. The van der Waals surface area contributed by atoms with Gasteiger partial charge in [-0.15, -0.1) is 0 Å². The lowest BCUT2D eigenvalue weighted by atomic mass is 10.3. The highest BCUT2D eigenvalue weighted by Gasteiger charge is 2.18. The Balaban J connectivity index is 1.78. The fraction of sp³-hybridized carbons (Fsp3) is 0.100. The normalized spacial score (nSPS) is 11.5. The molecule has 0 radical (unpaired) electrons. The Bertz CT molecular complexity index is 1230. The molecule has 3 heterocycles. The van der Waals surface area contributed by atoms with Crippen molar-refractivity contribution >= 4 is 22.3 Å². The van der Waals surface area contributed by atoms with E-state index in [0.29, 0.717) is 22.3 Å². The van der Waals surface area contributed by atoms with Gasteiger partial charge in [-0.2, -0.15) is 10.2 Å². The van der Waals surface area contributed by atoms with Gasteiger partial charge in [0.15, 0.2) is 11.3 Å². The number of phenolic OH excluding ortho intramolecular Hbond substituents is 2. The molecule has 0 aliphatic carbocycles. The van der Waals surface area contributed by atoms with E-state index in [1.807, 2.05) is 13.8 Å². The van der Waals surface area contributed by atoms with E-state index >= 15 is 0 Å². The maximum Gasteiger partial charge on any atom is 0.182 e. The van der Waals surface area contributed by atoms with Crippen molar-refractivity contribution < 1.29 is 10.2 Å². The summed E-state index contributed by atoms with van der Waals surface area (Å²) in [4.78, 5) is 9.61. The van der Waals surface area contributed by atoms with Crippen LogP contribution in [0, 0.1) is 13.8 Å². The molecule has 2 aromatic carbocycles. The Kier molecular flexibility index (Phi) is 3.35. The largest absolute Gasteiger partial charge is 0.508 e. The predicted molar refractivity (Wildman–Crippen MR) is 104 cm³/mol. The number of rotatable bonds is 2. The molecule has 0 unspecified atom stereocenters. The van der Waals surface area contributed by atoms with E-state index in [1.54, 1.807) is 57.9 Å². The number of aromatic hydroxyl groups is 2. The molecule has 28 heavy (non-hydrogen) atoms. The van der Waals surface area contributed by atoms with Gasteiger partial charge >= 0.3 is 0 Å². The number of aryl methyl sites for hydroxylation is 2. The summed E-state index contributed by atoms with van der Waals surface area (Å²) in [6.45, 7) is 3.77. The van der Waals surface area contributed by atoms with Crippen molar-refractivity contribution in [2.24, 2.45) is 0 Å². The van der Waals surface area contributed by atoms with E-state index in [0.717, 1.165) is 22.8 Å². The van der Waals surface area contributed by atoms with Crippen LogP contribution in [0.5, 0.6) is 11.5 Å². The first-order valence-corrected chi connectivity index (χ1v) is 8.73. The van der Waals surface area contributed by atoms with Crippen molar-refractivity contribution in [1.82, 2.24) is 29.5 Å². The van der Waals surface area contributed by atoms with Crippen molar-refractivity contribution in [2.45, 2.75) is 13.8 Å². The summed E-state index contributed by atoms with van der Waals surface area (Å²) in [5, 5.41) is 28.3. The molecule has 0 atom stereocenters. The van der Waals surface area contributed by atoms with Gasteiger partial charge in [0.1, 0.15) is 22.5 Å². The van der Waals surface area contributed by atoms with E-state index in [9.17, 15) is 10.2 Å². The van der Waals surface area contributed by atoms with Gasteiger partial charge in [0, 0.05) is 0 Å². The zero-order valence-electron chi connectivity index (χ0n) is 15.2. The number of aromatic nitrogens is 6. The highest BCUT2D eigenvalue weighted by molar-refractivity contribution is 5.87. The van der Waals surface area contributed by atoms with Crippen LogP contribution in [0.25, 0.3) is 33.7 Å². The summed E-state index contributed by atoms with van der Waals surface area (Å²) in [6.07, 6.45) is 0. The number of nitrogens with zero attached hydrogens (tertiary/aromatic N) is 6. The van der Waals surface area contributed by atoms with E-state index in [-0.39, 0.29) is 11.5 Å². The Labute approximate surface area is 159 Å². The molecule has 8 nitrogen and oxygen atoms in total. The van der Waals surface area contributed by atoms with Crippen molar-refractivity contribution in [3.05, 3.63) is 59.9 Å². The van der Waals surface area contributed by atoms with Crippen LogP contribution in [0.2, 0.25) is 0 Å². The Morgan fingerprint density at radius 1 is 0.607 bits per heavy atom. The topological polar surface area (TPSA) is 102 Å². The highest BCUT2D eigenvalue weighted by Crippen LogP contribution is 2.26. The maximum atomic E-state index is 9.54. The molecule has 0 aliphatic heterocycles. The van der Waals surface area contributed by atoms with Gasteiger partial charge in [-0.05, 0) is 62.4 Å². The van der Waals surface area contributed by atoms with Crippen molar-refractivity contribution in [3.63, 3.8) is 0 Å². The van der Waals surface area contributed by atoms with Crippen LogP contribution in [0.15, 0.2) is 48.5 Å². The van der Waals surface area contributed by atoms with Crippen LogP contribution in [0.3, 0.4) is 0 Å². The van der Waals surface area contributed by atoms with Crippen molar-refractivity contribution in [2.75, 3.05) is 0 Å². The molecular formula is C20H16N6O2. The summed E-state index contributed by atoms with van der Waals surface area (Å²) in [5.41, 5.74) is 5.68. The molecule has 0 spiro atoms. The predicted octanol–water partition coefficient (Wildman–Crippen LogP) is 3.18. The Morgan fingerprint density at radius 3 is 1.32 bits per heavy atom. The fourth-order valence-electron chi connectivity index (χ4n) is 3.24. The molecule has 0 fully saturated rings. The van der Waals surface area contributed by atoms with Gasteiger partial charge in [-0.1, -0.05) is 0 Å². The average molecular weight is 372 g/mol. The first-order chi connectivity index (χ1) is 13.5. The smallest absolute Gasteiger partial charge is 0.182 e. The molecule has 3 aromatic heterocycles. The van der Waals surface area contributed by atoms with Gasteiger partial charge in [-0.25, -0.2) is 19.3 Å². The number of benzene rings is 2. The average Bonchev–Trinajstić information content (AvgIpc) is 3.19. The number of fused-ring (bicyclic) bond motifs is 2. The van der Waals surface area contributed by atoms with Gasteiger partial charge in [0.05, 0.1) is 22.8 Å². The van der Waals surface area contributed by atoms with Gasteiger partial charge in [0.2, 0.25) is 0 Å². The van der Waals surface area contributed by atoms with Crippen molar-refractivity contribution in [1.29, 1.82) is 0 Å². The minimum atomic E-state index is 0.191. The van der Waals surface area contributed by atoms with E-state index < -0.39 is 0 Å². The fourth-order valence-corrected chi connectivity index (χ4v) is 3.24. The summed E-state index contributed by atoms with van der Waals surface area (Å²) in [5.74, 6) is 0.382. The maximum absolute atomic E-state index is 9.54. The van der Waals surface area contributed by atoms with Crippen LogP contribution in [0.1, 0.15) is 11.4 Å². The number of phenols is 2. The van der Waals surface area contributed by atoms with Crippen LogP contribution < -0.4 is 0 Å². The third-order valence-corrected chi connectivity index (χ3v) is 4.63. The molecule has 0 bridgehead atoms. The summed E-state index contributed by atoms with van der Waals surface area (Å²) < 4.78 is 3.43. The van der Waals surface area contributed by atoms with E-state index in [1.165, 1.54) is 0 Å². The molecule has 2 N–H and O–H groups in total. The SMILES string of the molecule is Cc1nn(-c2ccc(O)cc2)c2nc3c(C)nn(-c4ccc(O)cc4)c3nc12. The van der Waals surface area contributed by atoms with Crippen LogP contribution >= 0.6 is 0 Å². The Hall–Kier alpha value is -3.94. The minimum absolute atomic E-state index is 0.191. The van der Waals surface area contributed by atoms with Gasteiger partial charge < -0.3 is 10.2 Å². The molecular weight excluding hydrogens is 356 g/mol. The molecule has 0 saturated carbocycles. The molecule has 0 saturated heterocycles. The second kappa shape index (κ2) is 5.78. The summed E-state index contributed by atoms with van der Waals surface area (Å²) in [6, 6.07) is 13.5.